The first kappa shape index (κ1) is 25.3. The Labute approximate surface area is 209 Å². The lowest BCUT2D eigenvalue weighted by atomic mass is 10.1. The maximum Gasteiger partial charge on any atom is 0.180 e. The van der Waals surface area contributed by atoms with Gasteiger partial charge >= 0.3 is 0 Å². The monoisotopic (exact) mass is 509 g/mol. The first-order chi connectivity index (χ1) is 16.0. The van der Waals surface area contributed by atoms with Crippen LogP contribution in [0.1, 0.15) is 16.7 Å². The van der Waals surface area contributed by atoms with E-state index in [1.165, 1.54) is 0 Å². The molecule has 1 N–H and O–H groups in total. The molecule has 0 saturated heterocycles. The third-order valence-electron chi connectivity index (χ3n) is 5.08. The first-order valence-corrected chi connectivity index (χ1v) is 11.4. The van der Waals surface area contributed by atoms with Crippen molar-refractivity contribution in [2.45, 2.75) is 19.6 Å². The van der Waals surface area contributed by atoms with Gasteiger partial charge in [-0.2, -0.15) is 0 Å². The minimum absolute atomic E-state index is 0.178. The lowest BCUT2D eigenvalue weighted by Gasteiger charge is -2.16. The Bertz CT molecular complexity index is 1070. The van der Waals surface area contributed by atoms with Gasteiger partial charge < -0.3 is 24.3 Å². The summed E-state index contributed by atoms with van der Waals surface area (Å²) in [6.45, 7) is 1.58. The van der Waals surface area contributed by atoms with Crippen LogP contribution in [0, 0.1) is 0 Å². The number of hydrogen-bond donors (Lipinski definition) is 1. The Balaban J connectivity index is 1.60. The fraction of sp³-hybridized carbons (Fsp3) is 0.280. The first-order valence-electron chi connectivity index (χ1n) is 10.3. The number of benzene rings is 3. The predicted molar refractivity (Wildman–Crippen MR) is 134 cm³/mol. The standard InChI is InChI=1S/C25H26Cl3NO4/c1-30-22-8-7-16(12-23(22)31-2)9-10-29-14-17-11-21(28)25(24(13-17)32-3)33-15-18-19(26)5-4-6-20(18)27/h4-8,11-13,29H,9-10,14-15H2,1-3H3. The molecule has 5 nitrogen and oxygen atoms in total. The molecule has 0 aliphatic heterocycles. The van der Waals surface area contributed by atoms with Gasteiger partial charge in [-0.1, -0.05) is 46.9 Å². The lowest BCUT2D eigenvalue weighted by molar-refractivity contribution is 0.284. The van der Waals surface area contributed by atoms with Gasteiger partial charge in [0.25, 0.3) is 0 Å². The number of ether oxygens (including phenoxy) is 4. The molecule has 3 rings (SSSR count). The average molecular weight is 511 g/mol. The van der Waals surface area contributed by atoms with Gasteiger partial charge in [0.2, 0.25) is 0 Å². The minimum atomic E-state index is 0.178. The molecule has 8 heteroatoms. The van der Waals surface area contributed by atoms with Gasteiger partial charge in [-0.3, -0.25) is 0 Å². The Morgan fingerprint density at radius 3 is 2.06 bits per heavy atom. The molecule has 0 bridgehead atoms. The van der Waals surface area contributed by atoms with Crippen molar-refractivity contribution < 1.29 is 18.9 Å². The zero-order valence-corrected chi connectivity index (χ0v) is 21.0. The van der Waals surface area contributed by atoms with E-state index >= 15 is 0 Å². The third-order valence-corrected chi connectivity index (χ3v) is 6.07. The van der Waals surface area contributed by atoms with Gasteiger partial charge in [-0.05, 0) is 60.5 Å². The fourth-order valence-corrected chi connectivity index (χ4v) is 4.13. The number of rotatable bonds is 11. The van der Waals surface area contributed by atoms with Crippen molar-refractivity contribution in [3.05, 3.63) is 80.3 Å². The molecule has 3 aromatic carbocycles. The van der Waals surface area contributed by atoms with Crippen LogP contribution in [-0.4, -0.2) is 27.9 Å². The van der Waals surface area contributed by atoms with Crippen molar-refractivity contribution in [1.82, 2.24) is 5.32 Å². The van der Waals surface area contributed by atoms with Crippen LogP contribution in [0.3, 0.4) is 0 Å². The van der Waals surface area contributed by atoms with E-state index in [0.29, 0.717) is 38.7 Å². The van der Waals surface area contributed by atoms with Crippen LogP contribution in [0.2, 0.25) is 15.1 Å². The molecule has 0 atom stereocenters. The van der Waals surface area contributed by atoms with Crippen molar-refractivity contribution in [3.8, 4) is 23.0 Å². The molecule has 0 radical (unpaired) electrons. The predicted octanol–water partition coefficient (Wildman–Crippen LogP) is 6.58. The van der Waals surface area contributed by atoms with Crippen LogP contribution >= 0.6 is 34.8 Å². The van der Waals surface area contributed by atoms with Crippen molar-refractivity contribution in [2.24, 2.45) is 0 Å². The van der Waals surface area contributed by atoms with Gasteiger partial charge in [-0.25, -0.2) is 0 Å². The van der Waals surface area contributed by atoms with E-state index in [1.54, 1.807) is 39.5 Å². The maximum atomic E-state index is 6.51. The number of nitrogens with one attached hydrogen (secondary N) is 1. The smallest absolute Gasteiger partial charge is 0.180 e. The molecule has 3 aromatic rings. The van der Waals surface area contributed by atoms with Crippen LogP contribution in [0.15, 0.2) is 48.5 Å². The van der Waals surface area contributed by atoms with Crippen LogP contribution in [0.25, 0.3) is 0 Å². The van der Waals surface area contributed by atoms with Crippen molar-refractivity contribution in [2.75, 3.05) is 27.9 Å². The number of hydrogen-bond acceptors (Lipinski definition) is 5. The molecule has 176 valence electrons. The highest BCUT2D eigenvalue weighted by molar-refractivity contribution is 6.36. The largest absolute Gasteiger partial charge is 0.493 e. The number of halogens is 3. The second-order valence-electron chi connectivity index (χ2n) is 7.21. The van der Waals surface area contributed by atoms with Crippen LogP contribution in [-0.2, 0) is 19.6 Å². The quantitative estimate of drug-likeness (QED) is 0.295. The summed E-state index contributed by atoms with van der Waals surface area (Å²) in [6, 6.07) is 15.0. The van der Waals surface area contributed by atoms with Crippen molar-refractivity contribution in [1.29, 1.82) is 0 Å². The second-order valence-corrected chi connectivity index (χ2v) is 8.44. The molecular formula is C25H26Cl3NO4. The van der Waals surface area contributed by atoms with E-state index in [2.05, 4.69) is 5.32 Å². The van der Waals surface area contributed by atoms with Crippen LogP contribution in [0.5, 0.6) is 23.0 Å². The van der Waals surface area contributed by atoms with E-state index in [0.717, 1.165) is 35.6 Å². The summed E-state index contributed by atoms with van der Waals surface area (Å²) in [4.78, 5) is 0. The molecule has 0 heterocycles. The Morgan fingerprint density at radius 1 is 0.727 bits per heavy atom. The minimum Gasteiger partial charge on any atom is -0.493 e. The summed E-state index contributed by atoms with van der Waals surface area (Å²) >= 11 is 19.0. The summed E-state index contributed by atoms with van der Waals surface area (Å²) in [5.41, 5.74) is 2.82. The van der Waals surface area contributed by atoms with Gasteiger partial charge in [0.15, 0.2) is 23.0 Å². The summed E-state index contributed by atoms with van der Waals surface area (Å²) in [6.07, 6.45) is 0.838. The second kappa shape index (κ2) is 12.2. The van der Waals surface area contributed by atoms with Crippen LogP contribution in [0.4, 0.5) is 0 Å². The summed E-state index contributed by atoms with van der Waals surface area (Å²) in [7, 11) is 4.84. The topological polar surface area (TPSA) is 49.0 Å². The Morgan fingerprint density at radius 2 is 1.39 bits per heavy atom. The highest BCUT2D eigenvalue weighted by atomic mass is 35.5. The maximum absolute atomic E-state index is 6.51. The molecule has 0 spiro atoms. The summed E-state index contributed by atoms with van der Waals surface area (Å²) in [5, 5.41) is 4.95. The molecule has 0 aromatic heterocycles. The highest BCUT2D eigenvalue weighted by Gasteiger charge is 2.14. The SMILES string of the molecule is COc1ccc(CCNCc2cc(Cl)c(OCc3c(Cl)cccc3Cl)c(OC)c2)cc1OC. The van der Waals surface area contributed by atoms with Crippen LogP contribution < -0.4 is 24.3 Å². The zero-order chi connectivity index (χ0) is 23.8. The molecule has 0 saturated carbocycles. The third kappa shape index (κ3) is 6.61. The highest BCUT2D eigenvalue weighted by Crippen LogP contribution is 2.38. The normalized spacial score (nSPS) is 10.7. The van der Waals surface area contributed by atoms with E-state index < -0.39 is 0 Å². The van der Waals surface area contributed by atoms with Gasteiger partial charge in [0.05, 0.1) is 26.4 Å². The fourth-order valence-electron chi connectivity index (χ4n) is 3.33. The number of methoxy groups -OCH3 is 3. The average Bonchev–Trinajstić information content (AvgIpc) is 2.82. The van der Waals surface area contributed by atoms with Crippen molar-refractivity contribution in [3.63, 3.8) is 0 Å². The molecule has 0 fully saturated rings. The summed E-state index contributed by atoms with van der Waals surface area (Å²) in [5.74, 6) is 2.43. The van der Waals surface area contributed by atoms with Gasteiger partial charge in [0, 0.05) is 22.2 Å². The van der Waals surface area contributed by atoms with E-state index in [9.17, 15) is 0 Å². The van der Waals surface area contributed by atoms with Crippen molar-refractivity contribution >= 4 is 34.8 Å². The molecule has 0 aliphatic rings. The zero-order valence-electron chi connectivity index (χ0n) is 18.7. The molecule has 0 unspecified atom stereocenters. The van der Waals surface area contributed by atoms with Gasteiger partial charge in [0.1, 0.15) is 6.61 Å². The summed E-state index contributed by atoms with van der Waals surface area (Å²) < 4.78 is 22.1. The molecular weight excluding hydrogens is 485 g/mol. The molecule has 33 heavy (non-hydrogen) atoms. The molecule has 0 aliphatic carbocycles. The van der Waals surface area contributed by atoms with Gasteiger partial charge in [-0.15, -0.1) is 0 Å². The van der Waals surface area contributed by atoms with E-state index in [-0.39, 0.29) is 6.61 Å². The van der Waals surface area contributed by atoms with E-state index in [4.69, 9.17) is 53.8 Å². The molecule has 0 amide bonds. The Hall–Kier alpha value is -2.31. The Kier molecular flexibility index (Phi) is 9.39. The lowest BCUT2D eigenvalue weighted by Crippen LogP contribution is -2.17. The van der Waals surface area contributed by atoms with E-state index in [1.807, 2.05) is 30.3 Å².